The van der Waals surface area contributed by atoms with Crippen molar-refractivity contribution < 1.29 is 9.53 Å². The second-order valence-electron chi connectivity index (χ2n) is 3.47. The molecule has 0 N–H and O–H groups in total. The van der Waals surface area contributed by atoms with E-state index in [1.54, 1.807) is 11.0 Å². The van der Waals surface area contributed by atoms with Crippen molar-refractivity contribution >= 4 is 5.97 Å². The van der Waals surface area contributed by atoms with Gasteiger partial charge in [0.25, 0.3) is 5.82 Å². The molecule has 0 spiro atoms. The Balaban J connectivity index is 2.15. The molecule has 0 saturated heterocycles. The highest BCUT2D eigenvalue weighted by Gasteiger charge is 2.16. The molecule has 0 aliphatic heterocycles. The molecule has 0 fully saturated rings. The molecule has 80 valence electrons. The van der Waals surface area contributed by atoms with Gasteiger partial charge in [-0.15, -0.1) is 5.10 Å². The molecule has 5 nitrogen and oxygen atoms in total. The van der Waals surface area contributed by atoms with Gasteiger partial charge in [-0.05, 0) is 19.3 Å². The van der Waals surface area contributed by atoms with E-state index in [9.17, 15) is 4.79 Å². The fourth-order valence-corrected chi connectivity index (χ4v) is 1.63. The lowest BCUT2D eigenvalue weighted by atomic mass is 10.0. The molecule has 0 bridgehead atoms. The predicted molar refractivity (Wildman–Crippen MR) is 53.4 cm³/mol. The molecule has 1 aliphatic rings. The summed E-state index contributed by atoms with van der Waals surface area (Å²) < 4.78 is 6.25. The zero-order valence-corrected chi connectivity index (χ0v) is 8.59. The molecule has 5 heteroatoms. The number of carbonyl (C=O) groups excluding carboxylic acids is 1. The molecule has 1 unspecified atom stereocenters. The molecule has 1 heterocycles. The van der Waals surface area contributed by atoms with Crippen LogP contribution in [0.4, 0.5) is 0 Å². The topological polar surface area (TPSA) is 57.0 Å². The summed E-state index contributed by atoms with van der Waals surface area (Å²) in [6.07, 6.45) is 9.11. The van der Waals surface area contributed by atoms with Crippen LogP contribution in [0.3, 0.4) is 0 Å². The molecule has 15 heavy (non-hydrogen) atoms. The lowest BCUT2D eigenvalue weighted by Crippen LogP contribution is -2.11. The summed E-state index contributed by atoms with van der Waals surface area (Å²) in [6, 6.07) is 0.227. The highest BCUT2D eigenvalue weighted by molar-refractivity contribution is 5.84. The molecule has 1 aromatic rings. The molecule has 0 saturated carbocycles. The number of allylic oxidation sites excluding steroid dienone is 2. The Bertz CT molecular complexity index is 384. The summed E-state index contributed by atoms with van der Waals surface area (Å²) in [6.45, 7) is 0. The van der Waals surface area contributed by atoms with Crippen LogP contribution in [0, 0.1) is 0 Å². The van der Waals surface area contributed by atoms with Crippen LogP contribution in [-0.2, 0) is 4.74 Å². The number of rotatable bonds is 2. The fourth-order valence-electron chi connectivity index (χ4n) is 1.63. The Labute approximate surface area is 87.8 Å². The SMILES string of the molecule is COC(=O)c1ncn(C2C=CCCC2)n1. The summed E-state index contributed by atoms with van der Waals surface area (Å²) in [7, 11) is 1.32. The first kappa shape index (κ1) is 9.89. The zero-order valence-electron chi connectivity index (χ0n) is 8.59. The zero-order chi connectivity index (χ0) is 10.7. The number of esters is 1. The van der Waals surface area contributed by atoms with Gasteiger partial charge in [-0.1, -0.05) is 12.2 Å². The van der Waals surface area contributed by atoms with Gasteiger partial charge in [0.1, 0.15) is 6.33 Å². The summed E-state index contributed by atoms with van der Waals surface area (Å²) in [5.74, 6) is -0.370. The molecule has 0 aromatic carbocycles. The molecular weight excluding hydrogens is 194 g/mol. The van der Waals surface area contributed by atoms with Gasteiger partial charge >= 0.3 is 5.97 Å². The maximum absolute atomic E-state index is 11.1. The van der Waals surface area contributed by atoms with Gasteiger partial charge in [-0.3, -0.25) is 0 Å². The summed E-state index contributed by atoms with van der Waals surface area (Å²) in [5.41, 5.74) is 0. The van der Waals surface area contributed by atoms with Gasteiger partial charge in [0, 0.05) is 0 Å². The minimum atomic E-state index is -0.492. The largest absolute Gasteiger partial charge is 0.463 e. The standard InChI is InChI=1S/C10H13N3O2/c1-15-10(14)9-11-7-13(12-9)8-5-3-2-4-6-8/h3,5,7-8H,2,4,6H2,1H3. The van der Waals surface area contributed by atoms with Crippen molar-refractivity contribution in [3.63, 3.8) is 0 Å². The Hall–Kier alpha value is -1.65. The van der Waals surface area contributed by atoms with Crippen molar-refractivity contribution in [2.24, 2.45) is 0 Å². The van der Waals surface area contributed by atoms with Crippen molar-refractivity contribution in [2.75, 3.05) is 7.11 Å². The molecule has 2 rings (SSSR count). The third kappa shape index (κ3) is 2.06. The molecule has 0 amide bonds. The van der Waals surface area contributed by atoms with Gasteiger partial charge in [-0.2, -0.15) is 0 Å². The van der Waals surface area contributed by atoms with Gasteiger partial charge in [0.2, 0.25) is 0 Å². The van der Waals surface area contributed by atoms with Gasteiger partial charge < -0.3 is 4.74 Å². The highest BCUT2D eigenvalue weighted by atomic mass is 16.5. The van der Waals surface area contributed by atoms with Crippen LogP contribution >= 0.6 is 0 Å². The Morgan fingerprint density at radius 1 is 1.67 bits per heavy atom. The van der Waals surface area contributed by atoms with Crippen LogP contribution < -0.4 is 0 Å². The van der Waals surface area contributed by atoms with E-state index in [1.165, 1.54) is 7.11 Å². The van der Waals surface area contributed by atoms with Gasteiger partial charge in [0.05, 0.1) is 13.2 Å². The van der Waals surface area contributed by atoms with E-state index >= 15 is 0 Å². The third-order valence-corrected chi connectivity index (χ3v) is 2.45. The van der Waals surface area contributed by atoms with E-state index in [0.717, 1.165) is 19.3 Å². The quantitative estimate of drug-likeness (QED) is 0.542. The van der Waals surface area contributed by atoms with Crippen LogP contribution in [0.15, 0.2) is 18.5 Å². The van der Waals surface area contributed by atoms with Crippen LogP contribution in [-0.4, -0.2) is 27.8 Å². The minimum absolute atomic E-state index is 0.122. The van der Waals surface area contributed by atoms with E-state index in [0.29, 0.717) is 0 Å². The van der Waals surface area contributed by atoms with Crippen LogP contribution in [0.5, 0.6) is 0 Å². The predicted octanol–water partition coefficient (Wildman–Crippen LogP) is 1.35. The average Bonchev–Trinajstić information content (AvgIpc) is 2.78. The van der Waals surface area contributed by atoms with Crippen LogP contribution in [0.1, 0.15) is 35.9 Å². The smallest absolute Gasteiger partial charge is 0.377 e. The first-order valence-corrected chi connectivity index (χ1v) is 4.97. The number of methoxy groups -OCH3 is 1. The van der Waals surface area contributed by atoms with Crippen molar-refractivity contribution in [3.05, 3.63) is 24.3 Å². The minimum Gasteiger partial charge on any atom is -0.463 e. The molecule has 1 atom stereocenters. The van der Waals surface area contributed by atoms with E-state index in [4.69, 9.17) is 0 Å². The third-order valence-electron chi connectivity index (χ3n) is 2.45. The molecule has 1 aromatic heterocycles. The van der Waals surface area contributed by atoms with Crippen molar-refractivity contribution in [3.8, 4) is 0 Å². The Morgan fingerprint density at radius 2 is 2.53 bits per heavy atom. The van der Waals surface area contributed by atoms with E-state index in [1.807, 2.05) is 0 Å². The van der Waals surface area contributed by atoms with E-state index in [2.05, 4.69) is 27.0 Å². The summed E-state index contributed by atoms with van der Waals surface area (Å²) in [5, 5.41) is 4.08. The van der Waals surface area contributed by atoms with E-state index in [-0.39, 0.29) is 11.9 Å². The first-order valence-electron chi connectivity index (χ1n) is 4.97. The lowest BCUT2D eigenvalue weighted by molar-refractivity contribution is 0.0586. The molecule has 1 aliphatic carbocycles. The second kappa shape index (κ2) is 4.25. The van der Waals surface area contributed by atoms with Gasteiger partial charge in [-0.25, -0.2) is 14.5 Å². The number of hydrogen-bond donors (Lipinski definition) is 0. The second-order valence-corrected chi connectivity index (χ2v) is 3.47. The Kier molecular flexibility index (Phi) is 2.80. The highest BCUT2D eigenvalue weighted by Crippen LogP contribution is 2.20. The number of aromatic nitrogens is 3. The van der Waals surface area contributed by atoms with Gasteiger partial charge in [0.15, 0.2) is 0 Å². The maximum Gasteiger partial charge on any atom is 0.377 e. The molecule has 0 radical (unpaired) electrons. The Morgan fingerprint density at radius 3 is 3.20 bits per heavy atom. The summed E-state index contributed by atoms with van der Waals surface area (Å²) in [4.78, 5) is 15.0. The average molecular weight is 207 g/mol. The monoisotopic (exact) mass is 207 g/mol. The fraction of sp³-hybridized carbons (Fsp3) is 0.500. The first-order chi connectivity index (χ1) is 7.31. The maximum atomic E-state index is 11.1. The number of carbonyl (C=O) groups is 1. The number of ether oxygens (including phenoxy) is 1. The summed E-state index contributed by atoms with van der Waals surface area (Å²) >= 11 is 0. The van der Waals surface area contributed by atoms with E-state index < -0.39 is 5.97 Å². The molecular formula is C10H13N3O2. The number of nitrogens with zero attached hydrogens (tertiary/aromatic N) is 3. The lowest BCUT2D eigenvalue weighted by Gasteiger charge is -2.15. The van der Waals surface area contributed by atoms with Crippen molar-refractivity contribution in [1.29, 1.82) is 0 Å². The van der Waals surface area contributed by atoms with Crippen molar-refractivity contribution in [2.45, 2.75) is 25.3 Å². The van der Waals surface area contributed by atoms with Crippen molar-refractivity contribution in [1.82, 2.24) is 14.8 Å². The van der Waals surface area contributed by atoms with Crippen LogP contribution in [0.25, 0.3) is 0 Å². The normalized spacial score (nSPS) is 20.2. The number of hydrogen-bond acceptors (Lipinski definition) is 4. The van der Waals surface area contributed by atoms with Crippen LogP contribution in [0.2, 0.25) is 0 Å².